The van der Waals surface area contributed by atoms with E-state index < -0.39 is 24.8 Å². The molecule has 0 radical (unpaired) electrons. The zero-order chi connectivity index (χ0) is 17.9. The summed E-state index contributed by atoms with van der Waals surface area (Å²) in [5.41, 5.74) is 0. The van der Waals surface area contributed by atoms with Crippen molar-refractivity contribution in [2.24, 2.45) is 0 Å². The molecule has 1 amide bonds. The molecular weight excluding hydrogens is 327 g/mol. The van der Waals surface area contributed by atoms with Crippen molar-refractivity contribution < 1.29 is 27.2 Å². The first-order valence-corrected chi connectivity index (χ1v) is 7.98. The maximum absolute atomic E-state index is 12.3. The minimum atomic E-state index is -4.45. The molecule has 24 heavy (non-hydrogen) atoms. The number of piperidine rings is 1. The molecule has 136 valence electrons. The average molecular weight is 349 g/mol. The summed E-state index contributed by atoms with van der Waals surface area (Å²) in [5.74, 6) is 0.670. The van der Waals surface area contributed by atoms with Crippen LogP contribution in [-0.2, 0) is 9.53 Å². The molecule has 1 fully saturated rings. The molecule has 1 aromatic heterocycles. The first kappa shape index (κ1) is 18.7. The number of carbonyl (C=O) groups excluding carboxylic acids is 1. The fraction of sp³-hybridized carbons (Fsp3) is 0.800. The van der Waals surface area contributed by atoms with Crippen molar-refractivity contribution in [2.45, 2.75) is 57.7 Å². The molecule has 0 spiro atoms. The van der Waals surface area contributed by atoms with E-state index in [9.17, 15) is 18.0 Å². The molecule has 2 heterocycles. The van der Waals surface area contributed by atoms with E-state index in [-0.39, 0.29) is 11.8 Å². The van der Waals surface area contributed by atoms with Crippen LogP contribution in [0.1, 0.15) is 57.2 Å². The van der Waals surface area contributed by atoms with Gasteiger partial charge >= 0.3 is 6.18 Å². The van der Waals surface area contributed by atoms with Gasteiger partial charge in [-0.3, -0.25) is 4.79 Å². The van der Waals surface area contributed by atoms with E-state index in [4.69, 9.17) is 4.52 Å². The molecule has 0 N–H and O–H groups in total. The highest BCUT2D eigenvalue weighted by Gasteiger charge is 2.33. The van der Waals surface area contributed by atoms with Gasteiger partial charge < -0.3 is 14.2 Å². The Labute approximate surface area is 138 Å². The summed E-state index contributed by atoms with van der Waals surface area (Å²) in [4.78, 5) is 18.1. The van der Waals surface area contributed by atoms with Gasteiger partial charge in [0, 0.05) is 24.9 Å². The quantitative estimate of drug-likeness (QED) is 0.818. The summed E-state index contributed by atoms with van der Waals surface area (Å²) >= 11 is 0. The molecule has 0 saturated carbocycles. The Hall–Kier alpha value is -1.64. The SMILES string of the molecule is CC(C)c1nc([C@@H]2CCCN(C(=O)[C@@H](C)OCC(F)(F)F)C2)no1. The van der Waals surface area contributed by atoms with Gasteiger partial charge in [-0.25, -0.2) is 0 Å². The summed E-state index contributed by atoms with van der Waals surface area (Å²) in [5, 5.41) is 3.96. The van der Waals surface area contributed by atoms with Crippen molar-refractivity contribution in [3.8, 4) is 0 Å². The first-order valence-electron chi connectivity index (χ1n) is 7.98. The average Bonchev–Trinajstić information content (AvgIpc) is 3.01. The number of halogens is 3. The molecule has 6 nitrogen and oxygen atoms in total. The molecule has 0 aromatic carbocycles. The Balaban J connectivity index is 1.95. The van der Waals surface area contributed by atoms with Crippen LogP contribution >= 0.6 is 0 Å². The maximum Gasteiger partial charge on any atom is 0.411 e. The van der Waals surface area contributed by atoms with E-state index >= 15 is 0 Å². The molecule has 1 saturated heterocycles. The number of aromatic nitrogens is 2. The largest absolute Gasteiger partial charge is 0.411 e. The van der Waals surface area contributed by atoms with Gasteiger partial charge in [0.15, 0.2) is 5.82 Å². The smallest absolute Gasteiger partial charge is 0.359 e. The molecule has 2 rings (SSSR count). The van der Waals surface area contributed by atoms with Crippen LogP contribution < -0.4 is 0 Å². The minimum absolute atomic E-state index is 0.0752. The van der Waals surface area contributed by atoms with Crippen LogP contribution in [0.15, 0.2) is 4.52 Å². The molecule has 1 aliphatic rings. The fourth-order valence-corrected chi connectivity index (χ4v) is 2.58. The van der Waals surface area contributed by atoms with Crippen molar-refractivity contribution in [3.05, 3.63) is 11.7 Å². The van der Waals surface area contributed by atoms with E-state index in [1.165, 1.54) is 11.8 Å². The zero-order valence-electron chi connectivity index (χ0n) is 14.0. The number of alkyl halides is 3. The van der Waals surface area contributed by atoms with E-state index in [0.717, 1.165) is 12.8 Å². The molecule has 2 atom stereocenters. The normalized spacial score (nSPS) is 20.5. The number of rotatable bonds is 5. The predicted molar refractivity (Wildman–Crippen MR) is 78.4 cm³/mol. The Morgan fingerprint density at radius 3 is 2.71 bits per heavy atom. The van der Waals surface area contributed by atoms with Gasteiger partial charge in [-0.1, -0.05) is 19.0 Å². The van der Waals surface area contributed by atoms with E-state index in [1.807, 2.05) is 13.8 Å². The van der Waals surface area contributed by atoms with Crippen molar-refractivity contribution >= 4 is 5.91 Å². The summed E-state index contributed by atoms with van der Waals surface area (Å²) < 4.78 is 46.4. The lowest BCUT2D eigenvalue weighted by atomic mass is 9.97. The standard InChI is InChI=1S/C15H22F3N3O3/c1-9(2)13-19-12(20-24-13)11-5-4-6-21(7-11)14(22)10(3)23-8-15(16,17)18/h9-11H,4-8H2,1-3H3/t10-,11-/m1/s1. The Bertz CT molecular complexity index is 560. The van der Waals surface area contributed by atoms with Gasteiger partial charge in [-0.2, -0.15) is 18.2 Å². The van der Waals surface area contributed by atoms with Gasteiger partial charge in [0.25, 0.3) is 5.91 Å². The number of hydrogen-bond donors (Lipinski definition) is 0. The number of nitrogens with zero attached hydrogens (tertiary/aromatic N) is 3. The number of hydrogen-bond acceptors (Lipinski definition) is 5. The summed E-state index contributed by atoms with van der Waals surface area (Å²) in [6.07, 6.45) is -4.05. The Morgan fingerprint density at radius 2 is 2.12 bits per heavy atom. The summed E-state index contributed by atoms with van der Waals surface area (Å²) in [6, 6.07) is 0. The zero-order valence-corrected chi connectivity index (χ0v) is 14.0. The van der Waals surface area contributed by atoms with Crippen LogP contribution in [0.5, 0.6) is 0 Å². The van der Waals surface area contributed by atoms with Gasteiger partial charge in [-0.15, -0.1) is 0 Å². The van der Waals surface area contributed by atoms with Crippen LogP contribution in [0.25, 0.3) is 0 Å². The highest BCUT2D eigenvalue weighted by molar-refractivity contribution is 5.80. The summed E-state index contributed by atoms with van der Waals surface area (Å²) in [7, 11) is 0. The van der Waals surface area contributed by atoms with Crippen LogP contribution in [-0.4, -0.2) is 52.9 Å². The molecule has 0 bridgehead atoms. The number of amides is 1. The van der Waals surface area contributed by atoms with Gasteiger partial charge in [0.2, 0.25) is 5.89 Å². The third kappa shape index (κ3) is 4.93. The monoisotopic (exact) mass is 349 g/mol. The van der Waals surface area contributed by atoms with Crippen molar-refractivity contribution in [2.75, 3.05) is 19.7 Å². The third-order valence-electron chi connectivity index (χ3n) is 3.89. The Morgan fingerprint density at radius 1 is 1.42 bits per heavy atom. The van der Waals surface area contributed by atoms with Crippen LogP contribution in [0.2, 0.25) is 0 Å². The van der Waals surface area contributed by atoms with Crippen molar-refractivity contribution in [1.82, 2.24) is 15.0 Å². The van der Waals surface area contributed by atoms with E-state index in [2.05, 4.69) is 14.9 Å². The fourth-order valence-electron chi connectivity index (χ4n) is 2.58. The molecule has 0 aliphatic carbocycles. The number of likely N-dealkylation sites (tertiary alicyclic amines) is 1. The lowest BCUT2D eigenvalue weighted by molar-refractivity contribution is -0.188. The molecule has 1 aromatic rings. The second-order valence-corrected chi connectivity index (χ2v) is 6.34. The second kappa shape index (κ2) is 7.50. The van der Waals surface area contributed by atoms with Gasteiger partial charge in [0.05, 0.1) is 0 Å². The predicted octanol–water partition coefficient (Wildman–Crippen LogP) is 2.87. The second-order valence-electron chi connectivity index (χ2n) is 6.34. The minimum Gasteiger partial charge on any atom is -0.359 e. The maximum atomic E-state index is 12.3. The van der Waals surface area contributed by atoms with Crippen LogP contribution in [0, 0.1) is 0 Å². The van der Waals surface area contributed by atoms with E-state index in [1.54, 1.807) is 0 Å². The first-order chi connectivity index (χ1) is 11.2. The highest BCUT2D eigenvalue weighted by atomic mass is 19.4. The summed E-state index contributed by atoms with van der Waals surface area (Å²) in [6.45, 7) is 4.63. The topological polar surface area (TPSA) is 68.5 Å². The van der Waals surface area contributed by atoms with Crippen molar-refractivity contribution in [3.63, 3.8) is 0 Å². The Kier molecular flexibility index (Phi) is 5.84. The molecule has 0 unspecified atom stereocenters. The van der Waals surface area contributed by atoms with Crippen molar-refractivity contribution in [1.29, 1.82) is 0 Å². The molecule has 9 heteroatoms. The van der Waals surface area contributed by atoms with Gasteiger partial charge in [-0.05, 0) is 19.8 Å². The van der Waals surface area contributed by atoms with Crippen LogP contribution in [0.4, 0.5) is 13.2 Å². The lowest BCUT2D eigenvalue weighted by Gasteiger charge is -2.33. The third-order valence-corrected chi connectivity index (χ3v) is 3.89. The van der Waals surface area contributed by atoms with E-state index in [0.29, 0.717) is 24.8 Å². The highest BCUT2D eigenvalue weighted by Crippen LogP contribution is 2.27. The number of ether oxygens (including phenoxy) is 1. The van der Waals surface area contributed by atoms with Gasteiger partial charge in [0.1, 0.15) is 12.7 Å². The van der Waals surface area contributed by atoms with Crippen LogP contribution in [0.3, 0.4) is 0 Å². The molecular formula is C15H22F3N3O3. The number of carbonyl (C=O) groups is 1. The lowest BCUT2D eigenvalue weighted by Crippen LogP contribution is -2.45. The molecule has 1 aliphatic heterocycles.